The van der Waals surface area contributed by atoms with Gasteiger partial charge >= 0.3 is 0 Å². The molecule has 0 saturated heterocycles. The maximum absolute atomic E-state index is 12.8. The summed E-state index contributed by atoms with van der Waals surface area (Å²) in [5, 5.41) is 0.294. The van der Waals surface area contributed by atoms with E-state index >= 15 is 0 Å². The van der Waals surface area contributed by atoms with Gasteiger partial charge in [-0.05, 0) is 18.2 Å². The summed E-state index contributed by atoms with van der Waals surface area (Å²) in [6, 6.07) is 4.00. The third-order valence-corrected chi connectivity index (χ3v) is 1.97. The van der Waals surface area contributed by atoms with Crippen LogP contribution in [0, 0.1) is 0 Å². The number of rotatable bonds is 1. The predicted octanol–water partition coefficient (Wildman–Crippen LogP) is 4.11. The zero-order valence-corrected chi connectivity index (χ0v) is 7.76. The van der Waals surface area contributed by atoms with Gasteiger partial charge in [0, 0.05) is 22.5 Å². The summed E-state index contributed by atoms with van der Waals surface area (Å²) in [5.74, 6) is -2.94. The van der Waals surface area contributed by atoms with E-state index in [0.717, 1.165) is 6.92 Å². The molecule has 0 unspecified atom stereocenters. The van der Waals surface area contributed by atoms with E-state index in [2.05, 4.69) is 0 Å². The first-order valence-corrected chi connectivity index (χ1v) is 4.00. The normalized spacial score (nSPS) is 11.8. The van der Waals surface area contributed by atoms with Crippen LogP contribution in [-0.4, -0.2) is 0 Å². The Morgan fingerprint density at radius 1 is 1.25 bits per heavy atom. The van der Waals surface area contributed by atoms with Gasteiger partial charge in [-0.25, -0.2) is 8.78 Å². The number of hydrogen-bond acceptors (Lipinski definition) is 0. The summed E-state index contributed by atoms with van der Waals surface area (Å²) in [7, 11) is 0. The van der Waals surface area contributed by atoms with Gasteiger partial charge in [0.25, 0.3) is 5.92 Å². The molecule has 0 aliphatic carbocycles. The van der Waals surface area contributed by atoms with Crippen molar-refractivity contribution >= 4 is 23.2 Å². The van der Waals surface area contributed by atoms with Gasteiger partial charge in [0.2, 0.25) is 0 Å². The zero-order chi connectivity index (χ0) is 9.35. The Bertz CT molecular complexity index is 292. The van der Waals surface area contributed by atoms with Crippen LogP contribution in [0.2, 0.25) is 10.0 Å². The zero-order valence-electron chi connectivity index (χ0n) is 6.24. The van der Waals surface area contributed by atoms with Gasteiger partial charge in [-0.15, -0.1) is 0 Å². The molecular weight excluding hydrogens is 205 g/mol. The quantitative estimate of drug-likeness (QED) is 0.655. The van der Waals surface area contributed by atoms with Crippen LogP contribution in [0.3, 0.4) is 0 Å². The van der Waals surface area contributed by atoms with Crippen LogP contribution in [-0.2, 0) is 5.92 Å². The van der Waals surface area contributed by atoms with Gasteiger partial charge < -0.3 is 0 Å². The van der Waals surface area contributed by atoms with Crippen molar-refractivity contribution in [3.63, 3.8) is 0 Å². The van der Waals surface area contributed by atoms with E-state index in [1.165, 1.54) is 18.2 Å². The lowest BCUT2D eigenvalue weighted by molar-refractivity contribution is 0.0176. The van der Waals surface area contributed by atoms with Crippen LogP contribution in [0.4, 0.5) is 8.78 Å². The van der Waals surface area contributed by atoms with E-state index in [-0.39, 0.29) is 15.6 Å². The lowest BCUT2D eigenvalue weighted by Crippen LogP contribution is -2.07. The van der Waals surface area contributed by atoms with E-state index < -0.39 is 5.92 Å². The molecule has 1 aromatic rings. The molecule has 0 amide bonds. The van der Waals surface area contributed by atoms with Gasteiger partial charge in [0.15, 0.2) is 0 Å². The van der Waals surface area contributed by atoms with Gasteiger partial charge in [0.1, 0.15) is 0 Å². The Balaban J connectivity index is 3.23. The maximum atomic E-state index is 12.8. The van der Waals surface area contributed by atoms with Crippen molar-refractivity contribution in [3.05, 3.63) is 33.8 Å². The second-order valence-corrected chi connectivity index (χ2v) is 3.36. The fourth-order valence-electron chi connectivity index (χ4n) is 0.834. The first-order chi connectivity index (χ1) is 5.41. The summed E-state index contributed by atoms with van der Waals surface area (Å²) >= 11 is 11.1. The molecule has 0 bridgehead atoms. The molecule has 0 atom stereocenters. The molecule has 66 valence electrons. The molecule has 0 radical (unpaired) electrons. The third-order valence-electron chi connectivity index (χ3n) is 1.40. The largest absolute Gasteiger partial charge is 0.272 e. The van der Waals surface area contributed by atoms with Crippen LogP contribution in [0.5, 0.6) is 0 Å². The highest BCUT2D eigenvalue weighted by Crippen LogP contribution is 2.34. The third kappa shape index (κ3) is 2.08. The number of halogens is 4. The smallest absolute Gasteiger partial charge is 0.202 e. The van der Waals surface area contributed by atoms with E-state index in [0.29, 0.717) is 0 Å². The molecule has 0 spiro atoms. The summed E-state index contributed by atoms with van der Waals surface area (Å²) in [4.78, 5) is 0. The molecule has 0 saturated carbocycles. The second-order valence-electron chi connectivity index (χ2n) is 2.51. The Morgan fingerprint density at radius 3 is 2.25 bits per heavy atom. The minimum Gasteiger partial charge on any atom is -0.202 e. The first kappa shape index (κ1) is 9.75. The van der Waals surface area contributed by atoms with Crippen molar-refractivity contribution in [1.29, 1.82) is 0 Å². The van der Waals surface area contributed by atoms with Crippen molar-refractivity contribution in [2.75, 3.05) is 0 Å². The Hall–Kier alpha value is -0.340. The fourth-order valence-corrected chi connectivity index (χ4v) is 1.29. The first-order valence-electron chi connectivity index (χ1n) is 3.24. The highest BCUT2D eigenvalue weighted by molar-refractivity contribution is 6.33. The maximum Gasteiger partial charge on any atom is 0.272 e. The molecule has 4 heteroatoms. The number of alkyl halides is 2. The van der Waals surface area contributed by atoms with E-state index in [9.17, 15) is 8.78 Å². The van der Waals surface area contributed by atoms with Gasteiger partial charge in [-0.1, -0.05) is 23.2 Å². The molecule has 0 aliphatic heterocycles. The summed E-state index contributed by atoms with van der Waals surface area (Å²) < 4.78 is 25.5. The molecule has 1 aromatic carbocycles. The molecule has 1 rings (SSSR count). The summed E-state index contributed by atoms with van der Waals surface area (Å²) in [6.45, 7) is 0.782. The highest BCUT2D eigenvalue weighted by atomic mass is 35.5. The lowest BCUT2D eigenvalue weighted by Gasteiger charge is -2.12. The average Bonchev–Trinajstić information content (AvgIpc) is 1.92. The summed E-state index contributed by atoms with van der Waals surface area (Å²) in [6.07, 6.45) is 0. The molecule has 0 heterocycles. The monoisotopic (exact) mass is 210 g/mol. The standard InChI is InChI=1S/C8H6Cl2F2/c1-8(11,12)6-4-5(9)2-3-7(6)10/h2-4H,1H3. The van der Waals surface area contributed by atoms with Crippen molar-refractivity contribution < 1.29 is 8.78 Å². The topological polar surface area (TPSA) is 0 Å². The van der Waals surface area contributed by atoms with Crippen molar-refractivity contribution in [3.8, 4) is 0 Å². The van der Waals surface area contributed by atoms with Crippen molar-refractivity contribution in [2.45, 2.75) is 12.8 Å². The highest BCUT2D eigenvalue weighted by Gasteiger charge is 2.27. The molecular formula is C8H6Cl2F2. The molecule has 12 heavy (non-hydrogen) atoms. The van der Waals surface area contributed by atoms with Gasteiger partial charge in [-0.3, -0.25) is 0 Å². The Labute approximate surface area is 79.1 Å². The van der Waals surface area contributed by atoms with E-state index in [4.69, 9.17) is 23.2 Å². The van der Waals surface area contributed by atoms with Gasteiger partial charge in [-0.2, -0.15) is 0 Å². The predicted molar refractivity (Wildman–Crippen MR) is 46.0 cm³/mol. The number of benzene rings is 1. The van der Waals surface area contributed by atoms with Crippen molar-refractivity contribution in [2.24, 2.45) is 0 Å². The average molecular weight is 211 g/mol. The molecule has 0 fully saturated rings. The van der Waals surface area contributed by atoms with Gasteiger partial charge in [0.05, 0.1) is 0 Å². The van der Waals surface area contributed by atoms with Crippen LogP contribution in [0.1, 0.15) is 12.5 Å². The lowest BCUT2D eigenvalue weighted by atomic mass is 10.1. The van der Waals surface area contributed by atoms with E-state index in [1.54, 1.807) is 0 Å². The fraction of sp³-hybridized carbons (Fsp3) is 0.250. The Kier molecular flexibility index (Phi) is 2.59. The minimum absolute atomic E-state index is 0.0342. The molecule has 0 nitrogen and oxygen atoms in total. The Morgan fingerprint density at radius 2 is 1.83 bits per heavy atom. The minimum atomic E-state index is -2.94. The van der Waals surface area contributed by atoms with Crippen molar-refractivity contribution in [1.82, 2.24) is 0 Å². The van der Waals surface area contributed by atoms with Crippen LogP contribution < -0.4 is 0 Å². The second kappa shape index (κ2) is 3.19. The van der Waals surface area contributed by atoms with Crippen LogP contribution in [0.25, 0.3) is 0 Å². The van der Waals surface area contributed by atoms with Crippen LogP contribution >= 0.6 is 23.2 Å². The summed E-state index contributed by atoms with van der Waals surface area (Å²) in [5.41, 5.74) is -0.239. The number of hydrogen-bond donors (Lipinski definition) is 0. The van der Waals surface area contributed by atoms with Crippen LogP contribution in [0.15, 0.2) is 18.2 Å². The molecule has 0 N–H and O–H groups in total. The van der Waals surface area contributed by atoms with E-state index in [1.807, 2.05) is 0 Å². The molecule has 0 aliphatic rings. The SMILES string of the molecule is CC(F)(F)c1cc(Cl)ccc1Cl. The molecule has 0 aromatic heterocycles.